The number of ether oxygens (including phenoxy) is 3. The topological polar surface area (TPSA) is 107 Å². The molecule has 1 atom stereocenters. The fourth-order valence-corrected chi connectivity index (χ4v) is 3.56. The molecule has 192 valence electrons. The highest BCUT2D eigenvalue weighted by Gasteiger charge is 2.14. The number of carbonyl (C=O) groups is 1. The van der Waals surface area contributed by atoms with Gasteiger partial charge in [0.05, 0.1) is 20.3 Å². The van der Waals surface area contributed by atoms with Crippen molar-refractivity contribution in [1.82, 2.24) is 20.1 Å². The Morgan fingerprint density at radius 3 is 2.53 bits per heavy atom. The van der Waals surface area contributed by atoms with E-state index in [9.17, 15) is 9.59 Å². The zero-order chi connectivity index (χ0) is 26.1. The maximum atomic E-state index is 12.6. The van der Waals surface area contributed by atoms with Crippen LogP contribution in [0, 0.1) is 0 Å². The summed E-state index contributed by atoms with van der Waals surface area (Å²) in [6.07, 6.45) is 2.01. The number of benzene rings is 2. The van der Waals surface area contributed by atoms with Crippen molar-refractivity contribution in [2.24, 2.45) is 0 Å². The Morgan fingerprint density at radius 1 is 1.06 bits per heavy atom. The van der Waals surface area contributed by atoms with Gasteiger partial charge in [-0.05, 0) is 49.6 Å². The van der Waals surface area contributed by atoms with E-state index in [4.69, 9.17) is 14.2 Å². The zero-order valence-electron chi connectivity index (χ0n) is 21.5. The third kappa shape index (κ3) is 7.07. The molecule has 2 aromatic carbocycles. The minimum atomic E-state index is -0.353. The average molecular weight is 495 g/mol. The number of aryl methyl sites for hydroxylation is 1. The summed E-state index contributed by atoms with van der Waals surface area (Å²) in [5, 5.41) is 8.26. The molecule has 0 aliphatic rings. The second-order valence-electron chi connectivity index (χ2n) is 8.57. The fourth-order valence-electron chi connectivity index (χ4n) is 3.56. The number of aromatic nitrogens is 3. The highest BCUT2D eigenvalue weighted by Crippen LogP contribution is 2.27. The van der Waals surface area contributed by atoms with Crippen molar-refractivity contribution in [1.29, 1.82) is 0 Å². The number of rotatable bonds is 12. The molecule has 1 heterocycles. The lowest BCUT2D eigenvalue weighted by molar-refractivity contribution is -0.129. The summed E-state index contributed by atoms with van der Waals surface area (Å²) in [5.41, 5.74) is 1.61. The third-order valence-electron chi connectivity index (χ3n) is 5.97. The van der Waals surface area contributed by atoms with Crippen LogP contribution in [-0.4, -0.2) is 59.9 Å². The van der Waals surface area contributed by atoms with Gasteiger partial charge in [-0.15, -0.1) is 10.2 Å². The lowest BCUT2D eigenvalue weighted by Crippen LogP contribution is -2.30. The highest BCUT2D eigenvalue weighted by molar-refractivity contribution is 5.76. The summed E-state index contributed by atoms with van der Waals surface area (Å²) in [4.78, 5) is 29.6. The predicted octanol–water partition coefficient (Wildman–Crippen LogP) is 3.66. The summed E-state index contributed by atoms with van der Waals surface area (Å²) in [6.45, 7) is 4.58. The summed E-state index contributed by atoms with van der Waals surface area (Å²) in [7, 11) is 4.93. The number of carbonyl (C=O) groups excluding carboxylic acids is 1. The Kier molecular flexibility index (Phi) is 9.44. The molecule has 0 fully saturated rings. The molecule has 1 unspecified atom stereocenters. The second kappa shape index (κ2) is 12.7. The van der Waals surface area contributed by atoms with Crippen LogP contribution in [0.3, 0.4) is 0 Å². The van der Waals surface area contributed by atoms with Gasteiger partial charge in [-0.3, -0.25) is 9.59 Å². The SMILES string of the molecule is CCC(C)Oc1cccc(-c2nnc(CCC(=O)N(C)CCc3ccc(OC)c(OC)c3)c(=O)[nH]2)c1. The van der Waals surface area contributed by atoms with Gasteiger partial charge >= 0.3 is 0 Å². The predicted molar refractivity (Wildman–Crippen MR) is 138 cm³/mol. The Labute approximate surface area is 211 Å². The molecule has 0 radical (unpaired) electrons. The average Bonchev–Trinajstić information content (AvgIpc) is 2.90. The van der Waals surface area contributed by atoms with E-state index in [0.29, 0.717) is 41.6 Å². The molecular formula is C27H34N4O5. The summed E-state index contributed by atoms with van der Waals surface area (Å²) < 4.78 is 16.4. The van der Waals surface area contributed by atoms with E-state index in [1.807, 2.05) is 49.4 Å². The van der Waals surface area contributed by atoms with Crippen LogP contribution in [0.2, 0.25) is 0 Å². The normalized spacial score (nSPS) is 11.6. The quantitative estimate of drug-likeness (QED) is 0.409. The van der Waals surface area contributed by atoms with E-state index in [1.165, 1.54) is 0 Å². The molecule has 9 nitrogen and oxygen atoms in total. The van der Waals surface area contributed by atoms with Crippen LogP contribution in [0.15, 0.2) is 47.3 Å². The van der Waals surface area contributed by atoms with Crippen molar-refractivity contribution < 1.29 is 19.0 Å². The molecule has 3 rings (SSSR count). The lowest BCUT2D eigenvalue weighted by Gasteiger charge is -2.17. The Hall–Kier alpha value is -3.88. The second-order valence-corrected chi connectivity index (χ2v) is 8.57. The number of hydrogen-bond acceptors (Lipinski definition) is 7. The van der Waals surface area contributed by atoms with Crippen molar-refractivity contribution >= 4 is 5.91 Å². The number of hydrogen-bond donors (Lipinski definition) is 1. The van der Waals surface area contributed by atoms with Gasteiger partial charge in [0.25, 0.3) is 5.56 Å². The van der Waals surface area contributed by atoms with Crippen LogP contribution >= 0.6 is 0 Å². The Bertz CT molecular complexity index is 1230. The minimum Gasteiger partial charge on any atom is -0.493 e. The van der Waals surface area contributed by atoms with Crippen molar-refractivity contribution in [3.63, 3.8) is 0 Å². The van der Waals surface area contributed by atoms with Crippen LogP contribution in [-0.2, 0) is 17.6 Å². The molecule has 0 saturated carbocycles. The van der Waals surface area contributed by atoms with Gasteiger partial charge < -0.3 is 24.1 Å². The monoisotopic (exact) mass is 494 g/mol. The molecule has 36 heavy (non-hydrogen) atoms. The lowest BCUT2D eigenvalue weighted by atomic mass is 10.1. The molecule has 0 aliphatic heterocycles. The third-order valence-corrected chi connectivity index (χ3v) is 5.97. The molecule has 9 heteroatoms. The van der Waals surface area contributed by atoms with Crippen molar-refractivity contribution in [3.8, 4) is 28.6 Å². The fraction of sp³-hybridized carbons (Fsp3) is 0.407. The maximum absolute atomic E-state index is 12.6. The van der Waals surface area contributed by atoms with Gasteiger partial charge in [0.1, 0.15) is 11.4 Å². The van der Waals surface area contributed by atoms with Crippen molar-refractivity contribution in [3.05, 3.63) is 64.1 Å². The number of likely N-dealkylation sites (N-methyl/N-ethyl adjacent to an activating group) is 1. The van der Waals surface area contributed by atoms with Crippen LogP contribution < -0.4 is 19.8 Å². The Morgan fingerprint density at radius 2 is 1.83 bits per heavy atom. The smallest absolute Gasteiger partial charge is 0.273 e. The molecule has 0 saturated heterocycles. The van der Waals surface area contributed by atoms with Crippen LogP contribution in [0.25, 0.3) is 11.4 Å². The van der Waals surface area contributed by atoms with E-state index in [-0.39, 0.29) is 36.1 Å². The first-order chi connectivity index (χ1) is 17.3. The van der Waals surface area contributed by atoms with Gasteiger partial charge in [-0.25, -0.2) is 0 Å². The van der Waals surface area contributed by atoms with Crippen LogP contribution in [0.4, 0.5) is 0 Å². The number of amides is 1. The summed E-state index contributed by atoms with van der Waals surface area (Å²) >= 11 is 0. The first-order valence-electron chi connectivity index (χ1n) is 12.0. The molecule has 0 spiro atoms. The van der Waals surface area contributed by atoms with Gasteiger partial charge in [-0.1, -0.05) is 25.1 Å². The number of nitrogens with one attached hydrogen (secondary N) is 1. The maximum Gasteiger partial charge on any atom is 0.273 e. The number of nitrogens with zero attached hydrogens (tertiary/aromatic N) is 3. The zero-order valence-corrected chi connectivity index (χ0v) is 21.5. The molecule has 1 amide bonds. The molecule has 1 N–H and O–H groups in total. The number of methoxy groups -OCH3 is 2. The van der Waals surface area contributed by atoms with Gasteiger partial charge in [0, 0.05) is 32.0 Å². The standard InChI is InChI=1S/C27H34N4O5/c1-6-18(2)36-21-9-7-8-20(17-21)26-28-27(33)22(29-30-26)11-13-25(32)31(3)15-14-19-10-12-23(34-4)24(16-19)35-5/h7-10,12,16-18H,6,11,13-15H2,1-5H3,(H,28,30,33). The Balaban J connectivity index is 1.56. The largest absolute Gasteiger partial charge is 0.493 e. The molecular weight excluding hydrogens is 460 g/mol. The number of H-pyrrole nitrogens is 1. The van der Waals surface area contributed by atoms with Crippen molar-refractivity contribution in [2.45, 2.75) is 45.6 Å². The van der Waals surface area contributed by atoms with E-state index >= 15 is 0 Å². The molecule has 3 aromatic rings. The first-order valence-corrected chi connectivity index (χ1v) is 12.0. The molecule has 1 aromatic heterocycles. The number of aromatic amines is 1. The van der Waals surface area contributed by atoms with Gasteiger partial charge in [0.2, 0.25) is 5.91 Å². The first kappa shape index (κ1) is 26.7. The summed E-state index contributed by atoms with van der Waals surface area (Å²) in [6, 6.07) is 13.1. The van der Waals surface area contributed by atoms with Gasteiger partial charge in [0.15, 0.2) is 17.3 Å². The van der Waals surface area contributed by atoms with Gasteiger partial charge in [-0.2, -0.15) is 0 Å². The van der Waals surface area contributed by atoms with E-state index in [1.54, 1.807) is 26.2 Å². The minimum absolute atomic E-state index is 0.0735. The summed E-state index contributed by atoms with van der Waals surface area (Å²) in [5.74, 6) is 2.30. The van der Waals surface area contributed by atoms with E-state index < -0.39 is 0 Å². The van der Waals surface area contributed by atoms with Crippen LogP contribution in [0.5, 0.6) is 17.2 Å². The highest BCUT2D eigenvalue weighted by atomic mass is 16.5. The van der Waals surface area contributed by atoms with E-state index in [2.05, 4.69) is 22.1 Å². The molecule has 0 aliphatic carbocycles. The van der Waals surface area contributed by atoms with Crippen molar-refractivity contribution in [2.75, 3.05) is 27.8 Å². The van der Waals surface area contributed by atoms with Crippen LogP contribution in [0.1, 0.15) is 37.9 Å². The molecule has 0 bridgehead atoms. The van der Waals surface area contributed by atoms with E-state index in [0.717, 1.165) is 12.0 Å².